The Bertz CT molecular complexity index is 965. The molecule has 0 unspecified atom stereocenters. The highest BCUT2D eigenvalue weighted by atomic mass is 16.5. The van der Waals surface area contributed by atoms with Gasteiger partial charge in [0, 0.05) is 12.3 Å². The second kappa shape index (κ2) is 6.41. The molecule has 0 spiro atoms. The maximum absolute atomic E-state index is 12.2. The second-order valence-corrected chi connectivity index (χ2v) is 4.87. The van der Waals surface area contributed by atoms with Gasteiger partial charge in [0.2, 0.25) is 5.43 Å². The lowest BCUT2D eigenvalue weighted by molar-refractivity contribution is 0.168. The SMILES string of the molecule is CCOC(=O)Nc1cccc(O)c1-c1cc(=O)c2ncccc2o1. The van der Waals surface area contributed by atoms with Crippen molar-refractivity contribution in [3.63, 3.8) is 0 Å². The van der Waals surface area contributed by atoms with E-state index in [1.807, 2.05) is 0 Å². The molecule has 24 heavy (non-hydrogen) atoms. The van der Waals surface area contributed by atoms with Crippen LogP contribution >= 0.6 is 0 Å². The van der Waals surface area contributed by atoms with Crippen molar-refractivity contribution in [3.05, 3.63) is 52.8 Å². The molecule has 0 aliphatic rings. The fraction of sp³-hybridized carbons (Fsp3) is 0.118. The Morgan fingerprint density at radius 2 is 2.17 bits per heavy atom. The average molecular weight is 326 g/mol. The third kappa shape index (κ3) is 2.91. The number of carbonyl (C=O) groups is 1. The van der Waals surface area contributed by atoms with Gasteiger partial charge in [0.15, 0.2) is 11.1 Å². The molecule has 0 aliphatic heterocycles. The summed E-state index contributed by atoms with van der Waals surface area (Å²) >= 11 is 0. The van der Waals surface area contributed by atoms with Crippen molar-refractivity contribution >= 4 is 22.9 Å². The number of nitrogens with one attached hydrogen (secondary N) is 1. The molecule has 0 aliphatic carbocycles. The zero-order valence-electron chi connectivity index (χ0n) is 12.8. The third-order valence-corrected chi connectivity index (χ3v) is 3.29. The van der Waals surface area contributed by atoms with Gasteiger partial charge in [0.05, 0.1) is 17.9 Å². The molecule has 3 rings (SSSR count). The molecule has 3 aromatic rings. The van der Waals surface area contributed by atoms with Crippen molar-refractivity contribution in [2.45, 2.75) is 6.92 Å². The molecular formula is C17H14N2O5. The van der Waals surface area contributed by atoms with Crippen LogP contribution in [-0.2, 0) is 4.74 Å². The van der Waals surface area contributed by atoms with Crippen LogP contribution in [0.5, 0.6) is 5.75 Å². The fourth-order valence-corrected chi connectivity index (χ4v) is 2.30. The number of anilines is 1. The number of aromatic nitrogens is 1. The number of nitrogens with zero attached hydrogens (tertiary/aromatic N) is 1. The van der Waals surface area contributed by atoms with E-state index in [1.54, 1.807) is 31.2 Å². The number of pyridine rings is 1. The van der Waals surface area contributed by atoms with Gasteiger partial charge < -0.3 is 14.3 Å². The van der Waals surface area contributed by atoms with Crippen LogP contribution in [0.4, 0.5) is 10.5 Å². The molecule has 2 N–H and O–H groups in total. The van der Waals surface area contributed by atoms with E-state index in [4.69, 9.17) is 9.15 Å². The highest BCUT2D eigenvalue weighted by Crippen LogP contribution is 2.36. The zero-order chi connectivity index (χ0) is 17.1. The average Bonchev–Trinajstić information content (AvgIpc) is 2.55. The summed E-state index contributed by atoms with van der Waals surface area (Å²) in [5.74, 6) is -0.0268. The molecule has 7 nitrogen and oxygen atoms in total. The van der Waals surface area contributed by atoms with Gasteiger partial charge >= 0.3 is 6.09 Å². The Labute approximate surface area is 136 Å². The molecule has 7 heteroatoms. The zero-order valence-corrected chi connectivity index (χ0v) is 12.8. The van der Waals surface area contributed by atoms with Gasteiger partial charge in [-0.15, -0.1) is 0 Å². The number of hydrogen-bond donors (Lipinski definition) is 2. The van der Waals surface area contributed by atoms with Crippen LogP contribution < -0.4 is 10.7 Å². The van der Waals surface area contributed by atoms with Crippen LogP contribution in [0.1, 0.15) is 6.92 Å². The fourth-order valence-electron chi connectivity index (χ4n) is 2.30. The number of phenolic OH excluding ortho intramolecular Hbond substituents is 1. The van der Waals surface area contributed by atoms with E-state index in [1.165, 1.54) is 18.3 Å². The Hall–Kier alpha value is -3.35. The lowest BCUT2D eigenvalue weighted by atomic mass is 10.1. The van der Waals surface area contributed by atoms with Gasteiger partial charge in [-0.1, -0.05) is 6.07 Å². The molecular weight excluding hydrogens is 312 g/mol. The minimum absolute atomic E-state index is 0.116. The summed E-state index contributed by atoms with van der Waals surface area (Å²) in [6, 6.07) is 9.02. The molecule has 0 saturated heterocycles. The van der Waals surface area contributed by atoms with E-state index in [0.717, 1.165) is 0 Å². The molecule has 0 bridgehead atoms. The molecule has 0 radical (unpaired) electrons. The Morgan fingerprint density at radius 3 is 2.96 bits per heavy atom. The summed E-state index contributed by atoms with van der Waals surface area (Å²) in [6.07, 6.45) is 0.821. The number of phenols is 1. The van der Waals surface area contributed by atoms with Gasteiger partial charge in [-0.3, -0.25) is 10.1 Å². The number of ether oxygens (including phenoxy) is 1. The van der Waals surface area contributed by atoms with Gasteiger partial charge in [-0.05, 0) is 31.2 Å². The number of carbonyl (C=O) groups excluding carboxylic acids is 1. The molecule has 122 valence electrons. The monoisotopic (exact) mass is 326 g/mol. The number of amides is 1. The molecule has 0 saturated carbocycles. The number of aromatic hydroxyl groups is 1. The first-order valence-corrected chi connectivity index (χ1v) is 7.25. The summed E-state index contributed by atoms with van der Waals surface area (Å²) in [5.41, 5.74) is 0.576. The first kappa shape index (κ1) is 15.5. The van der Waals surface area contributed by atoms with Crippen molar-refractivity contribution in [3.8, 4) is 17.1 Å². The van der Waals surface area contributed by atoms with Crippen molar-refractivity contribution in [1.29, 1.82) is 0 Å². The first-order chi connectivity index (χ1) is 11.6. The minimum Gasteiger partial charge on any atom is -0.507 e. The van der Waals surface area contributed by atoms with Gasteiger partial charge in [0.25, 0.3) is 0 Å². The molecule has 2 aromatic heterocycles. The van der Waals surface area contributed by atoms with E-state index in [-0.39, 0.29) is 45.9 Å². The van der Waals surface area contributed by atoms with Gasteiger partial charge in [-0.2, -0.15) is 0 Å². The van der Waals surface area contributed by atoms with E-state index in [0.29, 0.717) is 0 Å². The lowest BCUT2D eigenvalue weighted by Crippen LogP contribution is -2.14. The first-order valence-electron chi connectivity index (χ1n) is 7.25. The normalized spacial score (nSPS) is 10.5. The van der Waals surface area contributed by atoms with Gasteiger partial charge in [-0.25, -0.2) is 9.78 Å². The summed E-state index contributed by atoms with van der Waals surface area (Å²) in [4.78, 5) is 27.8. The molecule has 2 heterocycles. The maximum Gasteiger partial charge on any atom is 0.411 e. The van der Waals surface area contributed by atoms with Crippen LogP contribution in [0.2, 0.25) is 0 Å². The van der Waals surface area contributed by atoms with E-state index >= 15 is 0 Å². The van der Waals surface area contributed by atoms with Crippen LogP contribution in [0.15, 0.2) is 51.8 Å². The Balaban J connectivity index is 2.15. The number of fused-ring (bicyclic) bond motifs is 1. The van der Waals surface area contributed by atoms with Crippen LogP contribution in [0, 0.1) is 0 Å². The number of hydrogen-bond acceptors (Lipinski definition) is 6. The largest absolute Gasteiger partial charge is 0.507 e. The van der Waals surface area contributed by atoms with Crippen molar-refractivity contribution in [2.24, 2.45) is 0 Å². The van der Waals surface area contributed by atoms with Crippen LogP contribution in [0.25, 0.3) is 22.4 Å². The van der Waals surface area contributed by atoms with Gasteiger partial charge in [0.1, 0.15) is 11.5 Å². The molecule has 0 atom stereocenters. The summed E-state index contributed by atoms with van der Waals surface area (Å²) in [6.45, 7) is 1.88. The van der Waals surface area contributed by atoms with Crippen molar-refractivity contribution in [1.82, 2.24) is 4.98 Å². The maximum atomic E-state index is 12.2. The highest BCUT2D eigenvalue weighted by molar-refractivity contribution is 5.93. The second-order valence-electron chi connectivity index (χ2n) is 4.87. The molecule has 1 amide bonds. The van der Waals surface area contributed by atoms with E-state index in [9.17, 15) is 14.7 Å². The highest BCUT2D eigenvalue weighted by Gasteiger charge is 2.17. The van der Waals surface area contributed by atoms with Crippen LogP contribution in [0.3, 0.4) is 0 Å². The summed E-state index contributed by atoms with van der Waals surface area (Å²) < 4.78 is 10.5. The lowest BCUT2D eigenvalue weighted by Gasteiger charge is -2.12. The summed E-state index contributed by atoms with van der Waals surface area (Å²) in [5, 5.41) is 12.7. The van der Waals surface area contributed by atoms with Crippen molar-refractivity contribution < 1.29 is 19.1 Å². The van der Waals surface area contributed by atoms with Crippen molar-refractivity contribution in [2.75, 3.05) is 11.9 Å². The summed E-state index contributed by atoms with van der Waals surface area (Å²) in [7, 11) is 0. The molecule has 0 fully saturated rings. The minimum atomic E-state index is -0.672. The Kier molecular flexibility index (Phi) is 4.15. The third-order valence-electron chi connectivity index (χ3n) is 3.29. The van der Waals surface area contributed by atoms with E-state index < -0.39 is 6.09 Å². The smallest absolute Gasteiger partial charge is 0.411 e. The number of rotatable bonds is 3. The number of benzene rings is 1. The predicted molar refractivity (Wildman–Crippen MR) is 88.0 cm³/mol. The van der Waals surface area contributed by atoms with Crippen LogP contribution in [-0.4, -0.2) is 22.8 Å². The Morgan fingerprint density at radius 1 is 1.33 bits per heavy atom. The topological polar surface area (TPSA) is 102 Å². The molecule has 1 aromatic carbocycles. The predicted octanol–water partition coefficient (Wildman–Crippen LogP) is 3.13. The standard InChI is InChI=1S/C17H14N2O5/c1-2-23-17(22)19-10-5-3-6-11(20)15(10)14-9-12(21)16-13(24-14)7-4-8-18-16/h3-9,20H,2H2,1H3,(H,19,22). The van der Waals surface area contributed by atoms with E-state index in [2.05, 4.69) is 10.3 Å². The quantitative estimate of drug-likeness (QED) is 0.766.